The maximum absolute atomic E-state index is 13.0. The number of hydrogen-bond donors (Lipinski definition) is 1. The summed E-state index contributed by atoms with van der Waals surface area (Å²) in [6, 6.07) is 6.20. The van der Waals surface area contributed by atoms with Gasteiger partial charge in [0, 0.05) is 23.7 Å². The topological polar surface area (TPSA) is 62.3 Å². The summed E-state index contributed by atoms with van der Waals surface area (Å²) in [5.41, 5.74) is 2.50. The lowest BCUT2D eigenvalue weighted by Gasteiger charge is -2.33. The molecule has 1 aromatic carbocycles. The van der Waals surface area contributed by atoms with E-state index in [-0.39, 0.29) is 18.4 Å². The molecule has 2 fully saturated rings. The molecule has 3 atom stereocenters. The first-order valence-corrected chi connectivity index (χ1v) is 11.9. The number of hydrogen-bond acceptors (Lipinski definition) is 4. The second-order valence-corrected chi connectivity index (χ2v) is 10.8. The van der Waals surface area contributed by atoms with Gasteiger partial charge in [0.1, 0.15) is 11.6 Å². The molecule has 10 heteroatoms. The molecule has 1 N–H and O–H groups in total. The fraction of sp³-hybridized carbons (Fsp3) is 0.526. The summed E-state index contributed by atoms with van der Waals surface area (Å²) in [7, 11) is -4.15. The highest BCUT2D eigenvalue weighted by atomic mass is 32.2. The molecule has 1 saturated heterocycles. The normalized spacial score (nSPS) is 31.1. The smallest absolute Gasteiger partial charge is 0.245 e. The number of benzene rings is 1. The Morgan fingerprint density at radius 3 is 2.59 bits per heavy atom. The van der Waals surface area contributed by atoms with Crippen molar-refractivity contribution in [1.82, 2.24) is 14.0 Å². The van der Waals surface area contributed by atoms with Gasteiger partial charge in [-0.25, -0.2) is 4.98 Å². The van der Waals surface area contributed by atoms with E-state index in [0.717, 1.165) is 34.5 Å². The van der Waals surface area contributed by atoms with Crippen molar-refractivity contribution in [1.29, 1.82) is 0 Å². The molecule has 2 aromatic rings. The maximum atomic E-state index is 13.0. The Bertz CT molecular complexity index is 1040. The third-order valence-corrected chi connectivity index (χ3v) is 8.99. The number of aromatic nitrogens is 1. The second kappa shape index (κ2) is 6.50. The van der Waals surface area contributed by atoms with Crippen molar-refractivity contribution in [3.63, 3.8) is 0 Å². The quantitative estimate of drug-likeness (QED) is 0.774. The van der Waals surface area contributed by atoms with Crippen LogP contribution in [-0.4, -0.2) is 42.5 Å². The number of rotatable bonds is 2. The third kappa shape index (κ3) is 3.30. The van der Waals surface area contributed by atoms with Crippen molar-refractivity contribution in [3.8, 4) is 10.6 Å². The standard InChI is InChI=1S/C19H20F3N3O2S2/c20-19(21,22)11-25-10-18(24-29(25,26)27)15-3-4-16(18)9-14-7-13(2-1-12(14)8-15)17-23-5-6-28-17/h1-2,5-7,15-16,24H,3-4,8-11H2/t15-,16+,18-/m1/s1. The first-order valence-electron chi connectivity index (χ1n) is 9.54. The fourth-order valence-electron chi connectivity index (χ4n) is 5.34. The lowest BCUT2D eigenvalue weighted by molar-refractivity contribution is -0.136. The molecular weight excluding hydrogens is 423 g/mol. The number of halogens is 3. The van der Waals surface area contributed by atoms with Gasteiger partial charge in [0.25, 0.3) is 10.2 Å². The van der Waals surface area contributed by atoms with E-state index < -0.39 is 28.5 Å². The van der Waals surface area contributed by atoms with Gasteiger partial charge in [-0.1, -0.05) is 12.1 Å². The molecule has 0 amide bonds. The molecule has 0 radical (unpaired) electrons. The van der Waals surface area contributed by atoms with Crippen LogP contribution in [0.3, 0.4) is 0 Å². The van der Waals surface area contributed by atoms with E-state index in [1.165, 1.54) is 0 Å². The molecule has 5 rings (SSSR count). The molecular formula is C19H20F3N3O2S2. The third-order valence-electron chi connectivity index (χ3n) is 6.59. The van der Waals surface area contributed by atoms with Crippen molar-refractivity contribution in [3.05, 3.63) is 40.9 Å². The number of nitrogens with one attached hydrogen (secondary N) is 1. The number of fused-ring (bicyclic) bond motifs is 1. The van der Waals surface area contributed by atoms with Gasteiger partial charge in [-0.05, 0) is 54.7 Å². The zero-order chi connectivity index (χ0) is 20.4. The zero-order valence-electron chi connectivity index (χ0n) is 15.4. The van der Waals surface area contributed by atoms with E-state index in [1.54, 1.807) is 17.5 Å². The first-order chi connectivity index (χ1) is 13.7. The molecule has 0 unspecified atom stereocenters. The van der Waals surface area contributed by atoms with Crippen molar-refractivity contribution in [2.75, 3.05) is 13.1 Å². The van der Waals surface area contributed by atoms with Gasteiger partial charge >= 0.3 is 6.18 Å². The Kier molecular flexibility index (Phi) is 4.37. The second-order valence-electron chi connectivity index (χ2n) is 8.23. The van der Waals surface area contributed by atoms with E-state index >= 15 is 0 Å². The first kappa shape index (κ1) is 19.5. The zero-order valence-corrected chi connectivity index (χ0v) is 17.1. The highest BCUT2D eigenvalue weighted by Crippen LogP contribution is 2.50. The minimum absolute atomic E-state index is 0.00697. The van der Waals surface area contributed by atoms with Crippen molar-refractivity contribution < 1.29 is 21.6 Å². The van der Waals surface area contributed by atoms with Crippen molar-refractivity contribution >= 4 is 21.5 Å². The predicted octanol–water partition coefficient (Wildman–Crippen LogP) is 3.39. The van der Waals surface area contributed by atoms with Gasteiger partial charge in [0.15, 0.2) is 0 Å². The Labute approximate surface area is 171 Å². The Hall–Kier alpha value is -1.49. The maximum Gasteiger partial charge on any atom is 0.402 e. The van der Waals surface area contributed by atoms with Crippen LogP contribution in [0.5, 0.6) is 0 Å². The minimum atomic E-state index is -4.56. The highest BCUT2D eigenvalue weighted by molar-refractivity contribution is 7.87. The molecule has 29 heavy (non-hydrogen) atoms. The van der Waals surface area contributed by atoms with E-state index in [2.05, 4.69) is 21.8 Å². The summed E-state index contributed by atoms with van der Waals surface area (Å²) in [6.07, 6.45) is 0.162. The molecule has 2 bridgehead atoms. The fourth-order valence-corrected chi connectivity index (χ4v) is 7.69. The number of thiazole rings is 1. The largest absolute Gasteiger partial charge is 0.402 e. The van der Waals surface area contributed by atoms with Crippen LogP contribution < -0.4 is 4.72 Å². The lowest BCUT2D eigenvalue weighted by Crippen LogP contribution is -2.52. The Morgan fingerprint density at radius 2 is 1.93 bits per heavy atom. The van der Waals surface area contributed by atoms with Crippen LogP contribution in [0.2, 0.25) is 0 Å². The molecule has 1 aromatic heterocycles. The molecule has 1 saturated carbocycles. The van der Waals surface area contributed by atoms with E-state index in [9.17, 15) is 21.6 Å². The van der Waals surface area contributed by atoms with Crippen molar-refractivity contribution in [2.24, 2.45) is 11.8 Å². The van der Waals surface area contributed by atoms with Gasteiger partial charge in [-0.2, -0.15) is 30.6 Å². The summed E-state index contributed by atoms with van der Waals surface area (Å²) in [4.78, 5) is 4.35. The van der Waals surface area contributed by atoms with Crippen LogP contribution in [0.1, 0.15) is 24.0 Å². The number of alkyl halides is 3. The van der Waals surface area contributed by atoms with Crippen LogP contribution in [0, 0.1) is 11.8 Å². The summed E-state index contributed by atoms with van der Waals surface area (Å²) >= 11 is 1.56. The summed E-state index contributed by atoms with van der Waals surface area (Å²) in [5.74, 6) is -0.0271. The number of nitrogens with zero attached hydrogens (tertiary/aromatic N) is 2. The van der Waals surface area contributed by atoms with E-state index in [4.69, 9.17) is 0 Å². The Balaban J connectivity index is 1.49. The average molecular weight is 444 g/mol. The van der Waals surface area contributed by atoms with Crippen LogP contribution in [0.15, 0.2) is 29.8 Å². The molecule has 2 aliphatic carbocycles. The predicted molar refractivity (Wildman–Crippen MR) is 104 cm³/mol. The van der Waals surface area contributed by atoms with Gasteiger partial charge in [0.2, 0.25) is 0 Å². The van der Waals surface area contributed by atoms with Crippen molar-refractivity contribution in [2.45, 2.75) is 37.4 Å². The molecule has 1 aliphatic heterocycles. The van der Waals surface area contributed by atoms with Gasteiger partial charge < -0.3 is 0 Å². The molecule has 3 aliphatic rings. The lowest BCUT2D eigenvalue weighted by atomic mass is 9.79. The van der Waals surface area contributed by atoms with Gasteiger partial charge in [-0.15, -0.1) is 11.3 Å². The molecule has 156 valence electrons. The van der Waals surface area contributed by atoms with E-state index in [0.29, 0.717) is 17.1 Å². The monoisotopic (exact) mass is 443 g/mol. The van der Waals surface area contributed by atoms with Crippen LogP contribution in [0.4, 0.5) is 13.2 Å². The molecule has 5 nitrogen and oxygen atoms in total. The van der Waals surface area contributed by atoms with Crippen LogP contribution >= 0.6 is 11.3 Å². The van der Waals surface area contributed by atoms with Crippen LogP contribution in [0.25, 0.3) is 10.6 Å². The van der Waals surface area contributed by atoms with Crippen LogP contribution in [-0.2, 0) is 23.1 Å². The highest BCUT2D eigenvalue weighted by Gasteiger charge is 2.60. The molecule has 1 spiro atoms. The van der Waals surface area contributed by atoms with Gasteiger partial charge in [-0.3, -0.25) is 0 Å². The summed E-state index contributed by atoms with van der Waals surface area (Å²) in [6.45, 7) is -1.55. The Morgan fingerprint density at radius 1 is 1.21 bits per heavy atom. The van der Waals surface area contributed by atoms with E-state index in [1.807, 2.05) is 11.4 Å². The molecule has 2 heterocycles. The average Bonchev–Trinajstić information content (AvgIpc) is 3.27. The van der Waals surface area contributed by atoms with Gasteiger partial charge in [0.05, 0.1) is 5.54 Å². The SMILES string of the molecule is O=S1(=O)N[C@]2(CN1CC(F)(F)F)[C@@H]1CC[C@H]2Cc2cc(-c3nccs3)ccc2C1. The summed E-state index contributed by atoms with van der Waals surface area (Å²) in [5, 5.41) is 2.84. The minimum Gasteiger partial charge on any atom is -0.245 e. The summed E-state index contributed by atoms with van der Waals surface area (Å²) < 4.78 is 67.2.